The Morgan fingerprint density at radius 2 is 1.94 bits per heavy atom. The maximum absolute atomic E-state index is 12.7. The van der Waals surface area contributed by atoms with Crippen LogP contribution in [0.15, 0.2) is 72.8 Å². The number of cyclic esters (lactones) is 1. The summed E-state index contributed by atoms with van der Waals surface area (Å²) in [5.41, 5.74) is 9.92. The highest BCUT2D eigenvalue weighted by molar-refractivity contribution is 5.91. The van der Waals surface area contributed by atoms with Gasteiger partial charge in [-0.05, 0) is 66.8 Å². The number of benzene rings is 3. The standard InChI is InChI=1S/C28H27N3O4/c1-28(26(29)33)15-21-12-19(16-32)10-11-24(21)30-25(28)20-8-5-9-22(14-20)31-23(17-35-27(31)34)13-18-6-3-2-4-7-18/h2-12,14,16,23,25,30H,13,15,17H2,1H3,(H2,29,33)/t23-,25?,28?/m0/s1. The number of carbonyl (C=O) groups excluding carboxylic acids is 3. The van der Waals surface area contributed by atoms with Crippen LogP contribution in [-0.2, 0) is 22.4 Å². The fourth-order valence-corrected chi connectivity index (χ4v) is 5.13. The smallest absolute Gasteiger partial charge is 0.414 e. The summed E-state index contributed by atoms with van der Waals surface area (Å²) in [4.78, 5) is 38.3. The third-order valence-corrected chi connectivity index (χ3v) is 7.08. The Kier molecular flexibility index (Phi) is 5.76. The number of rotatable bonds is 6. The van der Waals surface area contributed by atoms with Crippen LogP contribution in [0.3, 0.4) is 0 Å². The monoisotopic (exact) mass is 469 g/mol. The molecular weight excluding hydrogens is 442 g/mol. The first kappa shape index (κ1) is 22.7. The lowest BCUT2D eigenvalue weighted by atomic mass is 9.70. The van der Waals surface area contributed by atoms with E-state index >= 15 is 0 Å². The van der Waals surface area contributed by atoms with Gasteiger partial charge in [0.25, 0.3) is 0 Å². The van der Waals surface area contributed by atoms with E-state index in [0.717, 1.165) is 28.7 Å². The van der Waals surface area contributed by atoms with E-state index in [1.165, 1.54) is 0 Å². The minimum absolute atomic E-state index is 0.135. The fraction of sp³-hybridized carbons (Fsp3) is 0.250. The highest BCUT2D eigenvalue weighted by Crippen LogP contribution is 2.46. The van der Waals surface area contributed by atoms with Crippen molar-refractivity contribution in [2.24, 2.45) is 11.1 Å². The summed E-state index contributed by atoms with van der Waals surface area (Å²) < 4.78 is 5.41. The van der Waals surface area contributed by atoms with Crippen LogP contribution in [-0.4, -0.2) is 30.9 Å². The third kappa shape index (κ3) is 4.14. The molecule has 2 amide bonds. The molecule has 3 aromatic carbocycles. The number of ether oxygens (including phenoxy) is 1. The number of amides is 2. The summed E-state index contributed by atoms with van der Waals surface area (Å²) in [6.07, 6.45) is 1.47. The Bertz CT molecular complexity index is 1290. The van der Waals surface area contributed by atoms with Gasteiger partial charge in [0, 0.05) is 16.9 Å². The van der Waals surface area contributed by atoms with Crippen LogP contribution < -0.4 is 16.0 Å². The number of primary amides is 1. The van der Waals surface area contributed by atoms with Crippen molar-refractivity contribution in [2.75, 3.05) is 16.8 Å². The fourth-order valence-electron chi connectivity index (χ4n) is 5.13. The van der Waals surface area contributed by atoms with Crippen LogP contribution in [0.5, 0.6) is 0 Å². The number of aldehydes is 1. The normalized spacial score (nSPS) is 23.2. The van der Waals surface area contributed by atoms with Crippen LogP contribution in [0.4, 0.5) is 16.2 Å². The minimum Gasteiger partial charge on any atom is -0.447 e. The molecular formula is C28H27N3O4. The maximum Gasteiger partial charge on any atom is 0.414 e. The molecule has 1 saturated heterocycles. The molecule has 0 bridgehead atoms. The second-order valence-corrected chi connectivity index (χ2v) is 9.46. The second-order valence-electron chi connectivity index (χ2n) is 9.46. The van der Waals surface area contributed by atoms with Gasteiger partial charge in [-0.2, -0.15) is 0 Å². The summed E-state index contributed by atoms with van der Waals surface area (Å²) in [7, 11) is 0. The van der Waals surface area contributed by atoms with Gasteiger partial charge in [0.1, 0.15) is 12.9 Å². The Balaban J connectivity index is 1.49. The molecule has 0 spiro atoms. The molecule has 2 aliphatic heterocycles. The van der Waals surface area contributed by atoms with Gasteiger partial charge in [-0.15, -0.1) is 0 Å². The lowest BCUT2D eigenvalue weighted by molar-refractivity contribution is -0.127. The molecule has 0 radical (unpaired) electrons. The lowest BCUT2D eigenvalue weighted by Crippen LogP contribution is -2.47. The van der Waals surface area contributed by atoms with E-state index in [0.29, 0.717) is 30.7 Å². The Hall–Kier alpha value is -4.13. The van der Waals surface area contributed by atoms with E-state index in [-0.39, 0.29) is 12.1 Å². The predicted octanol–water partition coefficient (Wildman–Crippen LogP) is 4.27. The third-order valence-electron chi connectivity index (χ3n) is 7.08. The van der Waals surface area contributed by atoms with Gasteiger partial charge >= 0.3 is 6.09 Å². The molecule has 7 nitrogen and oxygen atoms in total. The van der Waals surface area contributed by atoms with Gasteiger partial charge in [-0.25, -0.2) is 4.79 Å². The van der Waals surface area contributed by atoms with Crippen molar-refractivity contribution in [2.45, 2.75) is 31.8 Å². The number of fused-ring (bicyclic) bond motifs is 1. The first-order valence-corrected chi connectivity index (χ1v) is 11.6. The van der Waals surface area contributed by atoms with Crippen molar-refractivity contribution in [3.8, 4) is 0 Å². The molecule has 2 unspecified atom stereocenters. The second kappa shape index (κ2) is 8.91. The van der Waals surface area contributed by atoms with Crippen molar-refractivity contribution in [3.05, 3.63) is 95.1 Å². The maximum atomic E-state index is 12.7. The van der Waals surface area contributed by atoms with Gasteiger partial charge < -0.3 is 15.8 Å². The van der Waals surface area contributed by atoms with Crippen LogP contribution >= 0.6 is 0 Å². The largest absolute Gasteiger partial charge is 0.447 e. The molecule has 178 valence electrons. The Morgan fingerprint density at radius 3 is 2.69 bits per heavy atom. The highest BCUT2D eigenvalue weighted by Gasteiger charge is 2.45. The summed E-state index contributed by atoms with van der Waals surface area (Å²) in [5.74, 6) is -0.440. The number of nitrogens with zero attached hydrogens (tertiary/aromatic N) is 1. The summed E-state index contributed by atoms with van der Waals surface area (Å²) >= 11 is 0. The molecule has 0 aliphatic carbocycles. The van der Waals surface area contributed by atoms with Crippen molar-refractivity contribution in [1.82, 2.24) is 0 Å². The van der Waals surface area contributed by atoms with Gasteiger partial charge in [0.2, 0.25) is 5.91 Å². The molecule has 0 saturated carbocycles. The molecule has 3 N–H and O–H groups in total. The first-order chi connectivity index (χ1) is 16.9. The van der Waals surface area contributed by atoms with Crippen LogP contribution in [0, 0.1) is 5.41 Å². The summed E-state index contributed by atoms with van der Waals surface area (Å²) in [6, 6.07) is 22.4. The molecule has 2 aliphatic rings. The van der Waals surface area contributed by atoms with Crippen LogP contribution in [0.25, 0.3) is 0 Å². The number of carbonyl (C=O) groups is 3. The van der Waals surface area contributed by atoms with Crippen molar-refractivity contribution < 1.29 is 19.1 Å². The summed E-state index contributed by atoms with van der Waals surface area (Å²) in [5, 5.41) is 3.47. The van der Waals surface area contributed by atoms with E-state index in [4.69, 9.17) is 10.5 Å². The van der Waals surface area contributed by atoms with Crippen LogP contribution in [0.1, 0.15) is 40.0 Å². The number of nitrogens with one attached hydrogen (secondary N) is 1. The van der Waals surface area contributed by atoms with Crippen molar-refractivity contribution >= 4 is 29.7 Å². The minimum atomic E-state index is -0.942. The van der Waals surface area contributed by atoms with Gasteiger partial charge in [-0.1, -0.05) is 42.5 Å². The van der Waals surface area contributed by atoms with E-state index < -0.39 is 17.4 Å². The number of hydrogen-bond donors (Lipinski definition) is 2. The van der Waals surface area contributed by atoms with E-state index in [1.807, 2.05) is 67.6 Å². The molecule has 2 heterocycles. The Labute approximate surface area is 203 Å². The zero-order chi connectivity index (χ0) is 24.6. The molecule has 7 heteroatoms. The van der Waals surface area contributed by atoms with Gasteiger partial charge in [-0.3, -0.25) is 14.5 Å². The van der Waals surface area contributed by atoms with E-state index in [1.54, 1.807) is 17.0 Å². The number of nitrogens with two attached hydrogens (primary N) is 1. The van der Waals surface area contributed by atoms with Gasteiger partial charge in [0.05, 0.1) is 17.5 Å². The molecule has 5 rings (SSSR count). The summed E-state index contributed by atoms with van der Waals surface area (Å²) in [6.45, 7) is 2.14. The Morgan fingerprint density at radius 1 is 1.14 bits per heavy atom. The van der Waals surface area contributed by atoms with Crippen molar-refractivity contribution in [1.29, 1.82) is 0 Å². The predicted molar refractivity (Wildman–Crippen MR) is 133 cm³/mol. The molecule has 35 heavy (non-hydrogen) atoms. The molecule has 0 aromatic heterocycles. The first-order valence-electron chi connectivity index (χ1n) is 11.6. The number of hydrogen-bond acceptors (Lipinski definition) is 5. The van der Waals surface area contributed by atoms with E-state index in [9.17, 15) is 14.4 Å². The zero-order valence-electron chi connectivity index (χ0n) is 19.4. The van der Waals surface area contributed by atoms with E-state index in [2.05, 4.69) is 5.32 Å². The molecule has 3 aromatic rings. The SMILES string of the molecule is CC1(C(N)=O)Cc2cc(C=O)ccc2NC1c1cccc(N2C(=O)OC[C@@H]2Cc2ccccc2)c1. The molecule has 3 atom stereocenters. The quantitative estimate of drug-likeness (QED) is 0.525. The average molecular weight is 470 g/mol. The van der Waals surface area contributed by atoms with Crippen LogP contribution in [0.2, 0.25) is 0 Å². The molecule has 1 fully saturated rings. The highest BCUT2D eigenvalue weighted by atomic mass is 16.6. The lowest BCUT2D eigenvalue weighted by Gasteiger charge is -2.41. The average Bonchev–Trinajstić information content (AvgIpc) is 3.23. The van der Waals surface area contributed by atoms with Crippen molar-refractivity contribution in [3.63, 3.8) is 0 Å². The topological polar surface area (TPSA) is 102 Å². The van der Waals surface area contributed by atoms with Gasteiger partial charge in [0.15, 0.2) is 0 Å². The number of anilines is 2. The zero-order valence-corrected chi connectivity index (χ0v) is 19.4.